The number of hydrogen-bond donors (Lipinski definition) is 2. The van der Waals surface area contributed by atoms with Gasteiger partial charge in [0.25, 0.3) is 0 Å². The summed E-state index contributed by atoms with van der Waals surface area (Å²) in [6.45, 7) is 16.3. The summed E-state index contributed by atoms with van der Waals surface area (Å²) in [4.78, 5) is 37.0. The standard InChI is InChI=1S/C32H31F6N3O5S.C31H29F6N3O3/c1-22(24-16-26(31(33,34)35)18-27(17-24)32(36,37)38)46-21-29(25-12-8-5-9-13-25)14-15-30(39-2,40-47(3,43)44)20-41(29)28(42)45-19-23-10-6-4-7-11-23;1-21(23-15-25(30(32,33)34)17-26(16-23)31(35,36)37)43-20-28(24-11-7-4-8-12-24)13-14-29(38,39-2)19-40(28)27(41)42-18-22-9-5-3-6-10-22/h4-13,16-18,22,40H,14-15,19-21H2,1,3H3;3-12,15-17,21H,13-14,18-20,38H2,1H3/t22-,29-,30-;21-,28-,29-/m11/s1. The molecule has 480 valence electrons. The molecule has 0 bridgehead atoms. The average molecular weight is 1290 g/mol. The summed E-state index contributed by atoms with van der Waals surface area (Å²) in [6.07, 6.45) is -23.6. The lowest BCUT2D eigenvalue weighted by molar-refractivity contribution is -0.145. The highest BCUT2D eigenvalue weighted by Gasteiger charge is 2.57. The van der Waals surface area contributed by atoms with Crippen LogP contribution in [0.5, 0.6) is 0 Å². The monoisotopic (exact) mass is 1290 g/mol. The minimum Gasteiger partial charge on any atom is -0.445 e. The van der Waals surface area contributed by atoms with Crippen LogP contribution in [0.1, 0.15) is 107 Å². The first-order valence-corrected chi connectivity index (χ1v) is 29.4. The maximum absolute atomic E-state index is 13.9. The summed E-state index contributed by atoms with van der Waals surface area (Å²) in [5.41, 5.74) is -4.03. The van der Waals surface area contributed by atoms with Crippen molar-refractivity contribution in [1.29, 1.82) is 0 Å². The van der Waals surface area contributed by atoms with Gasteiger partial charge in [-0.05, 0) is 96.5 Å². The zero-order valence-electron chi connectivity index (χ0n) is 48.3. The number of nitrogens with zero attached hydrogens (tertiary/aromatic N) is 4. The minimum absolute atomic E-state index is 0.0199. The van der Waals surface area contributed by atoms with Gasteiger partial charge in [-0.2, -0.15) is 52.7 Å². The SMILES string of the molecule is [C-]#[N+][C@@]1(NS(C)(=O)=O)CC[C@@](CO[C@H](C)c2cc(C(F)(F)F)cc(C(F)(F)F)c2)(c2ccccc2)N(C(=O)OCc2ccccc2)C1.[C-]#[N+][C@]1(N)CC[C@@](CO[C@H](C)c2cc(C(F)(F)F)cc(C(F)(F)F)c2)(c2ccccc2)N(C(=O)OCc2ccccc2)C1. The molecule has 6 aromatic carbocycles. The topological polar surface area (TPSA) is 158 Å². The number of amides is 2. The van der Waals surface area contributed by atoms with Crippen molar-refractivity contribution in [1.82, 2.24) is 14.5 Å². The van der Waals surface area contributed by atoms with Crippen LogP contribution in [0.25, 0.3) is 9.69 Å². The van der Waals surface area contributed by atoms with Crippen molar-refractivity contribution in [2.24, 2.45) is 5.73 Å². The third-order valence-corrected chi connectivity index (χ3v) is 16.1. The normalized spacial score (nSPS) is 21.4. The van der Waals surface area contributed by atoms with E-state index >= 15 is 0 Å². The molecule has 2 aliphatic rings. The van der Waals surface area contributed by atoms with Gasteiger partial charge in [0.15, 0.2) is 0 Å². The average Bonchev–Trinajstić information content (AvgIpc) is 0.761. The largest absolute Gasteiger partial charge is 0.445 e. The number of carbonyl (C=O) groups is 2. The van der Waals surface area contributed by atoms with Gasteiger partial charge >= 0.3 is 48.2 Å². The van der Waals surface area contributed by atoms with Crippen molar-refractivity contribution < 1.29 is 89.6 Å². The lowest BCUT2D eigenvalue weighted by Gasteiger charge is -2.49. The number of piperidine rings is 2. The van der Waals surface area contributed by atoms with Gasteiger partial charge in [0.05, 0.1) is 65.0 Å². The van der Waals surface area contributed by atoms with Crippen molar-refractivity contribution in [3.8, 4) is 0 Å². The molecule has 14 nitrogen and oxygen atoms in total. The molecule has 2 aliphatic heterocycles. The Kier molecular flexibility index (Phi) is 21.2. The van der Waals surface area contributed by atoms with Crippen molar-refractivity contribution in [3.05, 3.63) is 236 Å². The lowest BCUT2D eigenvalue weighted by atomic mass is 9.78. The lowest BCUT2D eigenvalue weighted by Crippen LogP contribution is -2.65. The Morgan fingerprint density at radius 2 is 0.867 bits per heavy atom. The van der Waals surface area contributed by atoms with E-state index in [2.05, 4.69) is 14.4 Å². The number of nitrogens with one attached hydrogen (secondary N) is 1. The van der Waals surface area contributed by atoms with E-state index in [4.69, 9.17) is 37.8 Å². The number of nitrogens with two attached hydrogens (primary N) is 1. The summed E-state index contributed by atoms with van der Waals surface area (Å²) in [6, 6.07) is 36.9. The molecule has 0 aliphatic carbocycles. The maximum atomic E-state index is 13.9. The molecule has 0 unspecified atom stereocenters. The van der Waals surface area contributed by atoms with Gasteiger partial charge in [0, 0.05) is 12.8 Å². The number of likely N-dealkylation sites (tertiary alicyclic amines) is 2. The summed E-state index contributed by atoms with van der Waals surface area (Å²) < 4.78 is 213. The molecule has 8 rings (SSSR count). The summed E-state index contributed by atoms with van der Waals surface area (Å²) in [5.74, 6) is 0. The van der Waals surface area contributed by atoms with E-state index in [1.807, 2.05) is 0 Å². The Morgan fingerprint density at radius 1 is 0.533 bits per heavy atom. The molecular formula is C63H60F12N6O8S. The predicted molar refractivity (Wildman–Crippen MR) is 304 cm³/mol. The molecule has 6 aromatic rings. The maximum Gasteiger partial charge on any atom is 0.416 e. The molecule has 0 radical (unpaired) electrons. The van der Waals surface area contributed by atoms with E-state index < -0.39 is 122 Å². The van der Waals surface area contributed by atoms with Gasteiger partial charge < -0.3 is 18.9 Å². The van der Waals surface area contributed by atoms with Crippen LogP contribution in [0.3, 0.4) is 0 Å². The molecule has 0 aromatic heterocycles. The van der Waals surface area contributed by atoms with Crippen molar-refractivity contribution in [2.75, 3.05) is 32.6 Å². The summed E-state index contributed by atoms with van der Waals surface area (Å²) >= 11 is 0. The van der Waals surface area contributed by atoms with E-state index in [0.29, 0.717) is 46.5 Å². The number of halogens is 12. The zero-order chi connectivity index (χ0) is 66.1. The molecule has 27 heteroatoms. The van der Waals surface area contributed by atoms with Crippen LogP contribution in [0.2, 0.25) is 0 Å². The van der Waals surface area contributed by atoms with E-state index in [1.54, 1.807) is 121 Å². The number of carbonyl (C=O) groups excluding carboxylic acids is 2. The fourth-order valence-corrected chi connectivity index (χ4v) is 11.4. The number of rotatable bonds is 16. The fraction of sp³-hybridized carbons (Fsp3) is 0.365. The van der Waals surface area contributed by atoms with Crippen molar-refractivity contribution >= 4 is 22.2 Å². The Labute approximate surface area is 511 Å². The highest BCUT2D eigenvalue weighted by molar-refractivity contribution is 7.88. The molecule has 2 fully saturated rings. The van der Waals surface area contributed by atoms with E-state index in [1.165, 1.54) is 18.7 Å². The molecule has 0 saturated carbocycles. The van der Waals surface area contributed by atoms with Crippen LogP contribution in [0, 0.1) is 13.1 Å². The zero-order valence-corrected chi connectivity index (χ0v) is 49.1. The highest BCUT2D eigenvalue weighted by atomic mass is 32.2. The summed E-state index contributed by atoms with van der Waals surface area (Å²) in [7, 11) is -3.95. The number of benzene rings is 6. The Hall–Kier alpha value is -8.21. The van der Waals surface area contributed by atoms with Crippen LogP contribution in [-0.4, -0.2) is 74.3 Å². The number of sulfonamides is 1. The number of ether oxygens (including phenoxy) is 4. The van der Waals surface area contributed by atoms with E-state index in [0.717, 1.165) is 11.2 Å². The van der Waals surface area contributed by atoms with Crippen molar-refractivity contribution in [2.45, 2.75) is 112 Å². The van der Waals surface area contributed by atoms with Gasteiger partial charge in [-0.3, -0.25) is 25.2 Å². The van der Waals surface area contributed by atoms with Crippen LogP contribution in [-0.2, 0) is 78.0 Å². The van der Waals surface area contributed by atoms with Gasteiger partial charge in [0.2, 0.25) is 10.0 Å². The van der Waals surface area contributed by atoms with Gasteiger partial charge in [-0.1, -0.05) is 121 Å². The first-order valence-electron chi connectivity index (χ1n) is 27.5. The van der Waals surface area contributed by atoms with Crippen LogP contribution in [0.15, 0.2) is 158 Å². The van der Waals surface area contributed by atoms with Crippen LogP contribution in [0.4, 0.5) is 62.3 Å². The first kappa shape index (κ1) is 69.3. The first-order chi connectivity index (χ1) is 42.0. The third-order valence-electron chi connectivity index (χ3n) is 15.4. The van der Waals surface area contributed by atoms with Gasteiger partial charge in [0.1, 0.15) is 26.3 Å². The molecule has 2 heterocycles. The third kappa shape index (κ3) is 17.2. The molecule has 90 heavy (non-hydrogen) atoms. The van der Waals surface area contributed by atoms with Crippen molar-refractivity contribution in [3.63, 3.8) is 0 Å². The van der Waals surface area contributed by atoms with E-state index in [9.17, 15) is 70.7 Å². The highest BCUT2D eigenvalue weighted by Crippen LogP contribution is 2.47. The van der Waals surface area contributed by atoms with E-state index in [-0.39, 0.29) is 69.7 Å². The van der Waals surface area contributed by atoms with Crippen LogP contribution >= 0.6 is 0 Å². The quantitative estimate of drug-likeness (QED) is 0.0711. The van der Waals surface area contributed by atoms with Gasteiger partial charge in [-0.15, -0.1) is 4.72 Å². The smallest absolute Gasteiger partial charge is 0.416 e. The Morgan fingerprint density at radius 3 is 1.19 bits per heavy atom. The molecule has 2 amide bonds. The molecule has 2 saturated heterocycles. The number of alkyl halides is 12. The molecule has 0 spiro atoms. The summed E-state index contributed by atoms with van der Waals surface area (Å²) in [5, 5.41) is 0. The second-order valence-corrected chi connectivity index (χ2v) is 23.6. The molecule has 3 N–H and O–H groups in total. The molecular weight excluding hydrogens is 1230 g/mol. The minimum atomic E-state index is -5.07. The molecule has 6 atom stereocenters. The Balaban J connectivity index is 0.000000257. The number of hydrogen-bond acceptors (Lipinski definition) is 9. The second-order valence-electron chi connectivity index (χ2n) is 21.9. The Bertz CT molecular complexity index is 3590. The fourth-order valence-electron chi connectivity index (χ4n) is 10.5. The van der Waals surface area contributed by atoms with Gasteiger partial charge in [-0.25, -0.2) is 31.2 Å². The van der Waals surface area contributed by atoms with Crippen LogP contribution < -0.4 is 10.5 Å². The second kappa shape index (κ2) is 27.5. The predicted octanol–water partition coefficient (Wildman–Crippen LogP) is 15.0.